The first kappa shape index (κ1) is 31.8. The van der Waals surface area contributed by atoms with Gasteiger partial charge in [0.1, 0.15) is 29.0 Å². The Bertz CT molecular complexity index is 2020. The van der Waals surface area contributed by atoms with E-state index in [1.54, 1.807) is 36.4 Å². The van der Waals surface area contributed by atoms with E-state index >= 15 is 0 Å². The Balaban J connectivity index is 0.000000185. The van der Waals surface area contributed by atoms with Gasteiger partial charge in [-0.1, -0.05) is 31.2 Å². The summed E-state index contributed by atoms with van der Waals surface area (Å²) in [5, 5.41) is 11.0. The van der Waals surface area contributed by atoms with E-state index in [0.29, 0.717) is 34.6 Å². The van der Waals surface area contributed by atoms with E-state index in [1.165, 1.54) is 51.8 Å². The fraction of sp³-hybridized carbons (Fsp3) is 0.212. The van der Waals surface area contributed by atoms with E-state index in [9.17, 15) is 22.4 Å². The van der Waals surface area contributed by atoms with Crippen molar-refractivity contribution in [3.8, 4) is 17.3 Å². The van der Waals surface area contributed by atoms with E-state index in [-0.39, 0.29) is 34.7 Å². The Kier molecular flexibility index (Phi) is 9.31. The molecular weight excluding hydrogens is 610 g/mol. The lowest BCUT2D eigenvalue weighted by molar-refractivity contribution is 0.120. The number of rotatable bonds is 5. The molecule has 0 saturated carbocycles. The number of piperidine rings is 1. The lowest BCUT2D eigenvalue weighted by Crippen LogP contribution is -2.38. The normalized spacial score (nSPS) is 14.1. The number of benzene rings is 4. The number of H-pyrrole nitrogens is 1. The Labute approximate surface area is 261 Å². The summed E-state index contributed by atoms with van der Waals surface area (Å²) in [6.07, 6.45) is 2.01. The highest BCUT2D eigenvalue weighted by atomic mass is 35.5. The molecule has 12 heteroatoms. The fourth-order valence-corrected chi connectivity index (χ4v) is 5.32. The van der Waals surface area contributed by atoms with E-state index in [0.717, 1.165) is 32.0 Å². The third-order valence-corrected chi connectivity index (χ3v) is 7.81. The molecule has 0 amide bonds. The van der Waals surface area contributed by atoms with Gasteiger partial charge in [0.2, 0.25) is 5.88 Å². The molecule has 1 saturated heterocycles. The Morgan fingerprint density at radius 3 is 2.02 bits per heavy atom. The average Bonchev–Trinajstić information content (AvgIpc) is 3.54. The van der Waals surface area contributed by atoms with Crippen LogP contribution in [0.4, 0.5) is 17.6 Å². The predicted molar refractivity (Wildman–Crippen MR) is 168 cm³/mol. The van der Waals surface area contributed by atoms with Gasteiger partial charge in [-0.3, -0.25) is 9.89 Å². The largest absolute Gasteiger partial charge is 0.476 e. The molecule has 0 bridgehead atoms. The summed E-state index contributed by atoms with van der Waals surface area (Å²) < 4.78 is 63.6. The molecule has 3 heterocycles. The van der Waals surface area contributed by atoms with Crippen LogP contribution in [0, 0.1) is 28.7 Å². The summed E-state index contributed by atoms with van der Waals surface area (Å²) >= 11 is 0. The van der Waals surface area contributed by atoms with Gasteiger partial charge < -0.3 is 10.1 Å². The highest BCUT2D eigenvalue weighted by Gasteiger charge is 2.28. The van der Waals surface area contributed by atoms with Gasteiger partial charge in [0, 0.05) is 5.41 Å². The quantitative estimate of drug-likeness (QED) is 0.198. The van der Waals surface area contributed by atoms with Crippen molar-refractivity contribution in [2.24, 2.45) is 5.41 Å². The number of nitrogens with zero attached hydrogens (tertiary/aromatic N) is 3. The zero-order chi connectivity index (χ0) is 30.8. The maximum atomic E-state index is 14.2. The number of hydrogen-bond donors (Lipinski definition) is 2. The SMILES string of the molecule is CC1(COc2nn(-c3ccccc3F)c3ccc(F)cc23)CCNCC1.Cl.O=c1[nH]n(-c2ccccc2F)c2ccc(F)cc12. The van der Waals surface area contributed by atoms with E-state index in [4.69, 9.17) is 4.74 Å². The molecule has 45 heavy (non-hydrogen) atoms. The lowest BCUT2D eigenvalue weighted by Gasteiger charge is -2.33. The van der Waals surface area contributed by atoms with Gasteiger partial charge in [-0.05, 0) is 86.6 Å². The standard InChI is InChI=1S/C20H21F2N3O.C13H8F2N2O.ClH/c1-20(8-10-23-11-9-20)13-26-19-15-12-14(21)6-7-17(15)25(24-19)18-5-3-2-4-16(18)22;14-8-5-6-11-9(7-8)13(18)16-17(11)12-4-2-1-3-10(12)15;/h2-7,12,23H,8-11,13H2,1H3;1-7H,(H,16,18);1H. The van der Waals surface area contributed by atoms with Gasteiger partial charge >= 0.3 is 0 Å². The van der Waals surface area contributed by atoms with Gasteiger partial charge in [0.05, 0.1) is 34.1 Å². The van der Waals surface area contributed by atoms with Crippen LogP contribution in [0.5, 0.6) is 5.88 Å². The zero-order valence-corrected chi connectivity index (χ0v) is 25.0. The minimum atomic E-state index is -0.501. The summed E-state index contributed by atoms with van der Waals surface area (Å²) in [4.78, 5) is 11.7. The molecule has 234 valence electrons. The Morgan fingerprint density at radius 1 is 0.800 bits per heavy atom. The predicted octanol–water partition coefficient (Wildman–Crippen LogP) is 7.09. The smallest absolute Gasteiger partial charge is 0.272 e. The molecule has 4 aromatic carbocycles. The van der Waals surface area contributed by atoms with Crippen LogP contribution in [0.3, 0.4) is 0 Å². The molecule has 2 N–H and O–H groups in total. The van der Waals surface area contributed by atoms with E-state index in [2.05, 4.69) is 22.4 Å². The first-order valence-corrected chi connectivity index (χ1v) is 14.1. The summed E-state index contributed by atoms with van der Waals surface area (Å²) in [6.45, 7) is 4.59. The summed E-state index contributed by atoms with van der Waals surface area (Å²) in [6, 6.07) is 20.6. The van der Waals surface area contributed by atoms with Gasteiger partial charge in [-0.25, -0.2) is 26.9 Å². The second kappa shape index (κ2) is 13.2. The maximum absolute atomic E-state index is 14.2. The molecule has 0 radical (unpaired) electrons. The van der Waals surface area contributed by atoms with Crippen LogP contribution in [-0.2, 0) is 0 Å². The molecule has 0 unspecified atom stereocenters. The summed E-state index contributed by atoms with van der Waals surface area (Å²) in [5.74, 6) is -1.39. The average molecular weight is 640 g/mol. The first-order valence-electron chi connectivity index (χ1n) is 14.1. The van der Waals surface area contributed by atoms with Crippen molar-refractivity contribution in [1.29, 1.82) is 0 Å². The third kappa shape index (κ3) is 6.59. The van der Waals surface area contributed by atoms with Gasteiger partial charge in [-0.15, -0.1) is 17.5 Å². The Morgan fingerprint density at radius 2 is 1.38 bits per heavy atom. The first-order chi connectivity index (χ1) is 21.2. The summed E-state index contributed by atoms with van der Waals surface area (Å²) in [7, 11) is 0. The van der Waals surface area contributed by atoms with Crippen molar-refractivity contribution in [3.05, 3.63) is 119 Å². The minimum absolute atomic E-state index is 0. The van der Waals surface area contributed by atoms with E-state index < -0.39 is 23.0 Å². The van der Waals surface area contributed by atoms with Crippen molar-refractivity contribution in [3.63, 3.8) is 0 Å². The highest BCUT2D eigenvalue weighted by Crippen LogP contribution is 2.33. The molecule has 0 atom stereocenters. The number of aromatic amines is 1. The molecule has 6 aromatic rings. The van der Waals surface area contributed by atoms with E-state index in [1.807, 2.05) is 0 Å². The zero-order valence-electron chi connectivity index (χ0n) is 24.2. The minimum Gasteiger partial charge on any atom is -0.476 e. The van der Waals surface area contributed by atoms with Crippen LogP contribution >= 0.6 is 12.4 Å². The van der Waals surface area contributed by atoms with Crippen molar-refractivity contribution >= 4 is 34.2 Å². The second-order valence-corrected chi connectivity index (χ2v) is 11.1. The molecule has 2 aromatic heterocycles. The van der Waals surface area contributed by atoms with Crippen molar-refractivity contribution in [2.75, 3.05) is 19.7 Å². The summed E-state index contributed by atoms with van der Waals surface area (Å²) in [5.41, 5.74) is 1.18. The van der Waals surface area contributed by atoms with Crippen molar-refractivity contribution < 1.29 is 22.3 Å². The van der Waals surface area contributed by atoms with Crippen molar-refractivity contribution in [2.45, 2.75) is 19.8 Å². The fourth-order valence-electron chi connectivity index (χ4n) is 5.32. The number of fused-ring (bicyclic) bond motifs is 2. The van der Waals surface area contributed by atoms with Gasteiger partial charge in [0.25, 0.3) is 5.56 Å². The number of hydrogen-bond acceptors (Lipinski definition) is 4. The molecule has 1 aliphatic rings. The number of nitrogens with one attached hydrogen (secondary N) is 2. The number of aromatic nitrogens is 4. The number of para-hydroxylation sites is 2. The van der Waals surface area contributed by atoms with Gasteiger partial charge in [-0.2, -0.15) is 0 Å². The van der Waals surface area contributed by atoms with Crippen LogP contribution in [0.2, 0.25) is 0 Å². The molecule has 1 aliphatic heterocycles. The molecule has 0 spiro atoms. The molecule has 7 rings (SSSR count). The third-order valence-electron chi connectivity index (χ3n) is 7.81. The molecule has 0 aliphatic carbocycles. The van der Waals surface area contributed by atoms with Crippen LogP contribution in [0.25, 0.3) is 33.2 Å². The van der Waals surface area contributed by atoms with Crippen molar-refractivity contribution in [1.82, 2.24) is 24.9 Å². The lowest BCUT2D eigenvalue weighted by atomic mass is 9.82. The number of halogens is 5. The van der Waals surface area contributed by atoms with Crippen LogP contribution in [-0.4, -0.2) is 39.3 Å². The maximum Gasteiger partial charge on any atom is 0.272 e. The second-order valence-electron chi connectivity index (χ2n) is 11.1. The molecular formula is C33H30ClF4N5O2. The van der Waals surface area contributed by atoms with Crippen LogP contribution in [0.1, 0.15) is 19.8 Å². The van der Waals surface area contributed by atoms with Crippen LogP contribution < -0.4 is 15.6 Å². The van der Waals surface area contributed by atoms with Crippen LogP contribution in [0.15, 0.2) is 89.7 Å². The monoisotopic (exact) mass is 639 g/mol. The van der Waals surface area contributed by atoms with Gasteiger partial charge in [0.15, 0.2) is 0 Å². The highest BCUT2D eigenvalue weighted by molar-refractivity contribution is 5.86. The Hall–Kier alpha value is -4.61. The number of ether oxygens (including phenoxy) is 1. The topological polar surface area (TPSA) is 76.9 Å². The molecule has 1 fully saturated rings. The molecule has 7 nitrogen and oxygen atoms in total.